The number of hydrogen-bond donors (Lipinski definition) is 3. The Kier molecular flexibility index (Phi) is 12.5. The van der Waals surface area contributed by atoms with E-state index in [0.29, 0.717) is 45.6 Å². The zero-order valence-electron chi connectivity index (χ0n) is 35.2. The highest BCUT2D eigenvalue weighted by Crippen LogP contribution is 2.59. The highest BCUT2D eigenvalue weighted by atomic mass is 16.7. The van der Waals surface area contributed by atoms with Crippen molar-refractivity contribution < 1.29 is 48.0 Å². The first kappa shape index (κ1) is 42.8. The van der Waals surface area contributed by atoms with Crippen molar-refractivity contribution in [1.29, 1.82) is 0 Å². The Morgan fingerprint density at radius 3 is 2.51 bits per heavy atom. The standard InChI is InChI=1S/C47H60N2O10/c1-45(2,3)59-40(51)17-15-34(26-50)49-43(53)32-9-7-8-29(21-32)25-48-42(52)33-22-37-41(56-27-55-37)38(23-33)57-44(54)30-12-10-28(11-13-30)20-31-14-16-39-47(6,58-39)19-18-36-35(31)24-46(36,4)5/h7-13,20-22,34-39,41,50H,14-19,23-27H2,1-6H3,(H,48,52)(H,49,53)/t34-,35+,36+,37+,38+,39?,41+,47+/m0/s1. The number of ether oxygens (including phenoxy) is 5. The van der Waals surface area contributed by atoms with Crippen molar-refractivity contribution >= 4 is 29.8 Å². The molecule has 2 amide bonds. The minimum atomic E-state index is -0.738. The molecule has 8 atom stereocenters. The largest absolute Gasteiger partial charge is 0.460 e. The van der Waals surface area contributed by atoms with Crippen LogP contribution < -0.4 is 10.6 Å². The fourth-order valence-corrected chi connectivity index (χ4v) is 9.35. The van der Waals surface area contributed by atoms with Crippen LogP contribution in [0, 0.1) is 17.3 Å². The average Bonchev–Trinajstić information content (AvgIpc) is 3.56. The molecule has 5 aliphatic rings. The van der Waals surface area contributed by atoms with Gasteiger partial charge in [0, 0.05) is 30.5 Å². The fraction of sp³-hybridized carbons (Fsp3) is 0.574. The van der Waals surface area contributed by atoms with Crippen molar-refractivity contribution in [3.8, 4) is 0 Å². The second-order valence-electron chi connectivity index (χ2n) is 18.8. The number of aliphatic hydroxyl groups is 1. The van der Waals surface area contributed by atoms with Crippen LogP contribution >= 0.6 is 0 Å². The van der Waals surface area contributed by atoms with Crippen molar-refractivity contribution in [2.75, 3.05) is 13.4 Å². The van der Waals surface area contributed by atoms with Crippen LogP contribution in [0.4, 0.5) is 0 Å². The topological polar surface area (TPSA) is 162 Å². The number of allylic oxidation sites excluding steroid dienone is 1. The third kappa shape index (κ3) is 10.3. The van der Waals surface area contributed by atoms with E-state index in [4.69, 9.17) is 23.7 Å². The van der Waals surface area contributed by atoms with Gasteiger partial charge in [-0.25, -0.2) is 4.79 Å². The van der Waals surface area contributed by atoms with Crippen molar-refractivity contribution in [3.63, 3.8) is 0 Å². The Morgan fingerprint density at radius 1 is 1.00 bits per heavy atom. The molecule has 7 rings (SSSR count). The van der Waals surface area contributed by atoms with Crippen molar-refractivity contribution in [3.05, 3.63) is 88.0 Å². The maximum atomic E-state index is 13.5. The van der Waals surface area contributed by atoms with Gasteiger partial charge in [-0.1, -0.05) is 49.8 Å². The number of fused-ring (bicyclic) bond motifs is 3. The first-order chi connectivity index (χ1) is 28.0. The van der Waals surface area contributed by atoms with E-state index in [2.05, 4.69) is 37.5 Å². The van der Waals surface area contributed by atoms with Gasteiger partial charge >= 0.3 is 11.9 Å². The molecule has 4 fully saturated rings. The molecule has 2 aromatic rings. The molecule has 3 aliphatic carbocycles. The molecule has 0 radical (unpaired) electrons. The van der Waals surface area contributed by atoms with Crippen molar-refractivity contribution in [1.82, 2.24) is 10.6 Å². The smallest absolute Gasteiger partial charge is 0.338 e. The van der Waals surface area contributed by atoms with Gasteiger partial charge in [0.15, 0.2) is 0 Å². The Labute approximate surface area is 347 Å². The van der Waals surface area contributed by atoms with Gasteiger partial charge in [0.25, 0.3) is 5.91 Å². The minimum Gasteiger partial charge on any atom is -0.460 e. The Hall–Kier alpha value is -4.36. The van der Waals surface area contributed by atoms with E-state index >= 15 is 0 Å². The Bertz CT molecular complexity index is 1960. The van der Waals surface area contributed by atoms with Crippen LogP contribution in [0.15, 0.2) is 65.8 Å². The molecule has 12 heteroatoms. The predicted molar refractivity (Wildman–Crippen MR) is 220 cm³/mol. The molecule has 2 aromatic carbocycles. The summed E-state index contributed by atoms with van der Waals surface area (Å²) >= 11 is 0. The van der Waals surface area contributed by atoms with Crippen LogP contribution in [0.1, 0.15) is 125 Å². The lowest BCUT2D eigenvalue weighted by Gasteiger charge is -2.53. The normalized spacial score (nSPS) is 29.4. The summed E-state index contributed by atoms with van der Waals surface area (Å²) in [5, 5.41) is 15.5. The summed E-state index contributed by atoms with van der Waals surface area (Å²) in [7, 11) is 0. The van der Waals surface area contributed by atoms with E-state index < -0.39 is 47.8 Å². The van der Waals surface area contributed by atoms with Crippen LogP contribution in [0.5, 0.6) is 0 Å². The summed E-state index contributed by atoms with van der Waals surface area (Å²) < 4.78 is 29.0. The van der Waals surface area contributed by atoms with Crippen LogP contribution in [-0.2, 0) is 39.8 Å². The van der Waals surface area contributed by atoms with E-state index in [1.807, 2.05) is 12.1 Å². The van der Waals surface area contributed by atoms with Gasteiger partial charge in [0.1, 0.15) is 30.7 Å². The van der Waals surface area contributed by atoms with E-state index in [1.54, 1.807) is 63.2 Å². The molecule has 0 aromatic heterocycles. The Balaban J connectivity index is 0.931. The summed E-state index contributed by atoms with van der Waals surface area (Å²) in [6, 6.07) is 13.7. The maximum Gasteiger partial charge on any atom is 0.338 e. The van der Waals surface area contributed by atoms with E-state index in [1.165, 1.54) is 18.4 Å². The zero-order chi connectivity index (χ0) is 42.1. The van der Waals surface area contributed by atoms with Crippen molar-refractivity contribution in [2.24, 2.45) is 17.3 Å². The molecule has 0 bridgehead atoms. The molecular formula is C47H60N2O10. The van der Waals surface area contributed by atoms with Gasteiger partial charge in [0.2, 0.25) is 5.91 Å². The molecule has 2 heterocycles. The molecular weight excluding hydrogens is 753 g/mol. The van der Waals surface area contributed by atoms with Gasteiger partial charge in [-0.15, -0.1) is 0 Å². The summed E-state index contributed by atoms with van der Waals surface area (Å²) in [5.74, 6) is -0.452. The molecule has 59 heavy (non-hydrogen) atoms. The Morgan fingerprint density at radius 2 is 1.78 bits per heavy atom. The van der Waals surface area contributed by atoms with E-state index in [-0.39, 0.29) is 50.7 Å². The van der Waals surface area contributed by atoms with Gasteiger partial charge in [0.05, 0.1) is 29.9 Å². The molecule has 12 nitrogen and oxygen atoms in total. The molecule has 1 unspecified atom stereocenters. The summed E-state index contributed by atoms with van der Waals surface area (Å²) in [6.07, 6.45) is 8.52. The molecule has 2 saturated carbocycles. The second kappa shape index (κ2) is 17.3. The number of benzene rings is 2. The lowest BCUT2D eigenvalue weighted by Crippen LogP contribution is -2.45. The number of aliphatic hydroxyl groups excluding tert-OH is 1. The number of rotatable bonds is 12. The average molecular weight is 813 g/mol. The molecule has 0 spiro atoms. The molecule has 2 saturated heterocycles. The van der Waals surface area contributed by atoms with Crippen LogP contribution in [-0.4, -0.2) is 83.9 Å². The number of epoxide rings is 1. The monoisotopic (exact) mass is 812 g/mol. The number of nitrogens with one attached hydrogen (secondary N) is 2. The van der Waals surface area contributed by atoms with Gasteiger partial charge in [-0.2, -0.15) is 0 Å². The quantitative estimate of drug-likeness (QED) is 0.158. The maximum absolute atomic E-state index is 13.5. The lowest BCUT2D eigenvalue weighted by atomic mass is 9.52. The summed E-state index contributed by atoms with van der Waals surface area (Å²) in [5.41, 5.74) is 4.12. The number of esters is 2. The minimum absolute atomic E-state index is 0.0241. The number of carbonyl (C=O) groups excluding carboxylic acids is 4. The highest BCUT2D eigenvalue weighted by molar-refractivity contribution is 5.95. The van der Waals surface area contributed by atoms with E-state index in [9.17, 15) is 24.3 Å². The van der Waals surface area contributed by atoms with Crippen LogP contribution in [0.25, 0.3) is 6.08 Å². The van der Waals surface area contributed by atoms with Crippen LogP contribution in [0.2, 0.25) is 0 Å². The van der Waals surface area contributed by atoms with Gasteiger partial charge in [-0.3, -0.25) is 14.4 Å². The lowest BCUT2D eigenvalue weighted by molar-refractivity contribution is -0.155. The molecule has 318 valence electrons. The fourth-order valence-electron chi connectivity index (χ4n) is 9.35. The SMILES string of the molecule is CC(C)(C)OC(=O)CC[C@@H](CO)NC(=O)c1cccc(CNC(=O)C2=C[C@H]3OCO[C@H]3[C@H](OC(=O)c3ccc(C=C4CCC5O[C@]5(C)CC[C@@H]5[C@@H]4CC5(C)C)cc3)C2)c1. The van der Waals surface area contributed by atoms with Gasteiger partial charge in [-0.05, 0) is 125 Å². The first-order valence-electron chi connectivity index (χ1n) is 21.1. The molecule has 3 N–H and O–H groups in total. The second-order valence-corrected chi connectivity index (χ2v) is 18.8. The number of amides is 2. The number of carbonyl (C=O) groups is 4. The predicted octanol–water partition coefficient (Wildman–Crippen LogP) is 6.59. The molecule has 2 aliphatic heterocycles. The van der Waals surface area contributed by atoms with E-state index in [0.717, 1.165) is 24.8 Å². The first-order valence-corrected chi connectivity index (χ1v) is 21.1. The number of hydrogen-bond acceptors (Lipinski definition) is 10. The summed E-state index contributed by atoms with van der Waals surface area (Å²) in [4.78, 5) is 52.2. The summed E-state index contributed by atoms with van der Waals surface area (Å²) in [6.45, 7) is 12.2. The van der Waals surface area contributed by atoms with Crippen molar-refractivity contribution in [2.45, 2.75) is 141 Å². The van der Waals surface area contributed by atoms with Crippen LogP contribution in [0.3, 0.4) is 0 Å². The third-order valence-corrected chi connectivity index (χ3v) is 12.8. The van der Waals surface area contributed by atoms with Gasteiger partial charge < -0.3 is 39.4 Å². The third-order valence-electron chi connectivity index (χ3n) is 12.8. The zero-order valence-corrected chi connectivity index (χ0v) is 35.2. The highest BCUT2D eigenvalue weighted by Gasteiger charge is 2.56.